The van der Waals surface area contributed by atoms with Gasteiger partial charge in [0, 0.05) is 82.6 Å². The third-order valence-electron chi connectivity index (χ3n) is 11.3. The maximum absolute atomic E-state index is 16.4. The molecule has 0 bridgehead atoms. The van der Waals surface area contributed by atoms with Gasteiger partial charge >= 0.3 is 0 Å². The second kappa shape index (κ2) is 20.2. The lowest BCUT2D eigenvalue weighted by atomic mass is 9.92. The van der Waals surface area contributed by atoms with Gasteiger partial charge < -0.3 is 39.3 Å². The van der Waals surface area contributed by atoms with Crippen LogP contribution in [0, 0.1) is 5.82 Å². The molecule has 2 atom stereocenters. The summed E-state index contributed by atoms with van der Waals surface area (Å²) in [5.41, 5.74) is -0.469. The third-order valence-corrected chi connectivity index (χ3v) is 11.6. The number of imide groups is 2. The van der Waals surface area contributed by atoms with Crippen LogP contribution in [-0.4, -0.2) is 157 Å². The predicted molar refractivity (Wildman–Crippen MR) is 228 cm³/mol. The highest BCUT2D eigenvalue weighted by atomic mass is 35.5. The van der Waals surface area contributed by atoms with Gasteiger partial charge in [0.25, 0.3) is 11.8 Å². The van der Waals surface area contributed by atoms with Gasteiger partial charge in [-0.05, 0) is 43.2 Å². The van der Waals surface area contributed by atoms with Gasteiger partial charge in [0.2, 0.25) is 29.6 Å². The van der Waals surface area contributed by atoms with E-state index in [2.05, 4.69) is 20.6 Å². The Balaban J connectivity index is 0.854. The summed E-state index contributed by atoms with van der Waals surface area (Å²) in [6, 6.07) is 4.83. The van der Waals surface area contributed by atoms with Crippen LogP contribution >= 0.6 is 11.6 Å². The van der Waals surface area contributed by atoms with Crippen LogP contribution < -0.4 is 20.3 Å². The molecule has 21 heteroatoms. The minimum absolute atomic E-state index is 0.0173. The molecule has 2 fully saturated rings. The molecular formula is C43H47ClF2N8O10. The number of benzene rings is 2. The number of carbonyl (C=O) groups excluding carboxylic acids is 6. The Morgan fingerprint density at radius 2 is 1.70 bits per heavy atom. The zero-order valence-electron chi connectivity index (χ0n) is 35.2. The van der Waals surface area contributed by atoms with E-state index in [-0.39, 0.29) is 128 Å². The summed E-state index contributed by atoms with van der Waals surface area (Å²) in [4.78, 5) is 89.7. The Morgan fingerprint density at radius 3 is 2.42 bits per heavy atom. The number of rotatable bonds is 17. The smallest absolute Gasteiger partial charge is 0.262 e. The van der Waals surface area contributed by atoms with Crippen LogP contribution in [0.15, 0.2) is 42.2 Å². The quantitative estimate of drug-likeness (QED) is 0.131. The summed E-state index contributed by atoms with van der Waals surface area (Å²) in [5, 5.41) is 15.9. The molecule has 3 N–H and O–H groups in total. The van der Waals surface area contributed by atoms with Gasteiger partial charge in [-0.2, -0.15) is 4.98 Å². The molecule has 0 saturated carbocycles. The number of amides is 6. The van der Waals surface area contributed by atoms with Crippen molar-refractivity contribution >= 4 is 75.3 Å². The number of likely N-dealkylation sites (N-methyl/N-ethyl adjacent to an activating group) is 1. The van der Waals surface area contributed by atoms with Crippen LogP contribution in [0.25, 0.3) is 16.5 Å². The van der Waals surface area contributed by atoms with Crippen LogP contribution in [0.1, 0.15) is 58.9 Å². The number of anilines is 2. The Bertz CT molecular complexity index is 2430. The molecular weight excluding hydrogens is 862 g/mol. The molecule has 4 aliphatic rings. The Morgan fingerprint density at radius 1 is 0.984 bits per heavy atom. The fourth-order valence-electron chi connectivity index (χ4n) is 7.81. The van der Waals surface area contributed by atoms with Gasteiger partial charge in [-0.15, -0.1) is 0 Å². The molecule has 0 radical (unpaired) electrons. The van der Waals surface area contributed by atoms with Crippen molar-refractivity contribution < 1.29 is 56.9 Å². The van der Waals surface area contributed by atoms with Gasteiger partial charge in [0.05, 0.1) is 48.7 Å². The number of piperazine rings is 1. The molecule has 64 heavy (non-hydrogen) atoms. The molecule has 1 aliphatic carbocycles. The van der Waals surface area contributed by atoms with E-state index in [9.17, 15) is 38.3 Å². The molecule has 2 unspecified atom stereocenters. The molecule has 6 amide bonds. The molecule has 3 aromatic rings. The molecule has 2 aromatic carbocycles. The number of aliphatic hydroxyl groups excluding tert-OH is 1. The topological polar surface area (TPSA) is 213 Å². The summed E-state index contributed by atoms with van der Waals surface area (Å²) in [5.74, 6) is -3.70. The maximum Gasteiger partial charge on any atom is 0.262 e. The lowest BCUT2D eigenvalue weighted by molar-refractivity contribution is -0.136. The predicted octanol–water partition coefficient (Wildman–Crippen LogP) is 2.87. The van der Waals surface area contributed by atoms with E-state index in [0.717, 1.165) is 11.0 Å². The SMILES string of the molecule is CC(=O)N1CCN(c2nc(NCCC(=O)N(C)CCOCCOCCOc3ccc4c(c3)C(=O)N(C3CCC(=O)NC3=O)C4=O)nc3c(F)c(C4=C(F)C=CCC4O)c(Cl)cc23)CC1. The third kappa shape index (κ3) is 9.99. The van der Waals surface area contributed by atoms with E-state index in [4.69, 9.17) is 25.8 Å². The van der Waals surface area contributed by atoms with E-state index in [1.165, 1.54) is 36.1 Å². The number of hydrogen-bond donors (Lipinski definition) is 3. The van der Waals surface area contributed by atoms with E-state index in [0.29, 0.717) is 37.7 Å². The van der Waals surface area contributed by atoms with Crippen molar-refractivity contribution in [2.75, 3.05) is 89.6 Å². The van der Waals surface area contributed by atoms with E-state index < -0.39 is 47.4 Å². The monoisotopic (exact) mass is 908 g/mol. The number of fused-ring (bicyclic) bond motifs is 2. The molecule has 1 aromatic heterocycles. The first-order valence-electron chi connectivity index (χ1n) is 20.8. The maximum atomic E-state index is 16.4. The van der Waals surface area contributed by atoms with Crippen molar-refractivity contribution in [1.29, 1.82) is 0 Å². The molecule has 18 nitrogen and oxygen atoms in total. The van der Waals surface area contributed by atoms with Gasteiger partial charge in [-0.3, -0.25) is 39.0 Å². The van der Waals surface area contributed by atoms with Crippen LogP contribution in [-0.2, 0) is 28.7 Å². The largest absolute Gasteiger partial charge is 0.491 e. The summed E-state index contributed by atoms with van der Waals surface area (Å²) >= 11 is 6.57. The fourth-order valence-corrected chi connectivity index (χ4v) is 8.11. The van der Waals surface area contributed by atoms with E-state index >= 15 is 4.39 Å². The van der Waals surface area contributed by atoms with E-state index in [1.807, 2.05) is 4.90 Å². The van der Waals surface area contributed by atoms with Crippen molar-refractivity contribution in [3.63, 3.8) is 0 Å². The zero-order chi connectivity index (χ0) is 45.7. The van der Waals surface area contributed by atoms with Gasteiger partial charge in [0.1, 0.15) is 35.6 Å². The van der Waals surface area contributed by atoms with Crippen LogP contribution in [0.3, 0.4) is 0 Å². The first kappa shape index (κ1) is 45.9. The molecule has 340 valence electrons. The highest BCUT2D eigenvalue weighted by molar-refractivity contribution is 6.33. The second-order valence-electron chi connectivity index (χ2n) is 15.4. The minimum atomic E-state index is -1.32. The number of nitrogens with one attached hydrogen (secondary N) is 2. The van der Waals surface area contributed by atoms with Crippen molar-refractivity contribution in [1.82, 2.24) is 30.0 Å². The highest BCUT2D eigenvalue weighted by Crippen LogP contribution is 2.41. The number of nitrogens with zero attached hydrogens (tertiary/aromatic N) is 6. The number of aliphatic hydroxyl groups is 1. The van der Waals surface area contributed by atoms with E-state index in [1.54, 1.807) is 18.0 Å². The minimum Gasteiger partial charge on any atom is -0.491 e. The van der Waals surface area contributed by atoms with Gasteiger partial charge in [0.15, 0.2) is 5.82 Å². The van der Waals surface area contributed by atoms with Gasteiger partial charge in [-0.1, -0.05) is 17.7 Å². The molecule has 2 saturated heterocycles. The van der Waals surface area contributed by atoms with Crippen LogP contribution in [0.2, 0.25) is 5.02 Å². The number of piperidine rings is 1. The summed E-state index contributed by atoms with van der Waals surface area (Å²) in [7, 11) is 1.63. The number of halogens is 3. The zero-order valence-corrected chi connectivity index (χ0v) is 35.9. The summed E-state index contributed by atoms with van der Waals surface area (Å²) in [6.45, 7) is 4.50. The average molecular weight is 909 g/mol. The normalized spacial score (nSPS) is 18.8. The van der Waals surface area contributed by atoms with Crippen molar-refractivity contribution in [2.24, 2.45) is 0 Å². The molecule has 4 heterocycles. The van der Waals surface area contributed by atoms with Crippen molar-refractivity contribution in [2.45, 2.75) is 44.8 Å². The molecule has 0 spiro atoms. The molecule has 3 aliphatic heterocycles. The second-order valence-corrected chi connectivity index (χ2v) is 15.9. The Labute approximate surface area is 371 Å². The summed E-state index contributed by atoms with van der Waals surface area (Å²) in [6.07, 6.45) is 1.48. The van der Waals surface area contributed by atoms with Crippen molar-refractivity contribution in [3.05, 3.63) is 69.8 Å². The van der Waals surface area contributed by atoms with Crippen molar-refractivity contribution in [3.8, 4) is 5.75 Å². The molecule has 7 rings (SSSR count). The lowest BCUT2D eigenvalue weighted by Gasteiger charge is -2.35. The van der Waals surface area contributed by atoms with Crippen LogP contribution in [0.5, 0.6) is 5.75 Å². The average Bonchev–Trinajstić information content (AvgIpc) is 3.51. The number of carbonyl (C=O) groups is 6. The first-order chi connectivity index (χ1) is 30.7. The van der Waals surface area contributed by atoms with Crippen LogP contribution in [0.4, 0.5) is 20.5 Å². The highest BCUT2D eigenvalue weighted by Gasteiger charge is 2.44. The number of hydrogen-bond acceptors (Lipinski definition) is 14. The standard InChI is InChI=1S/C43H47ClF2N8O10/c1-24(55)52-12-14-53(15-13-52)39-28-23-29(44)35(36-30(45)4-3-5-32(36)56)37(46)38(28)49-43(50-39)47-11-10-34(58)51(2)16-17-62-18-19-63-20-21-64-25-6-7-26-27(22-25)42(61)54(41(26)60)31-8-9-33(57)48-40(31)59/h3-4,6-7,22-23,31-32,56H,5,8-21H2,1-2H3,(H,47,49,50)(H,48,57,59). The Hall–Kier alpha value is -6.09. The fraction of sp³-hybridized carbons (Fsp3) is 0.442. The lowest BCUT2D eigenvalue weighted by Crippen LogP contribution is -2.54. The first-order valence-corrected chi connectivity index (χ1v) is 21.2. The number of aromatic nitrogens is 2. The Kier molecular flexibility index (Phi) is 14.5. The number of ether oxygens (including phenoxy) is 3. The summed E-state index contributed by atoms with van der Waals surface area (Å²) < 4.78 is 48.3. The van der Waals surface area contributed by atoms with Gasteiger partial charge in [-0.25, -0.2) is 13.8 Å². The number of allylic oxidation sites excluding steroid dienone is 2.